The third kappa shape index (κ3) is 4.04. The van der Waals surface area contributed by atoms with Gasteiger partial charge in [-0.2, -0.15) is 10.2 Å². The highest BCUT2D eigenvalue weighted by Gasteiger charge is 2.56. The first-order chi connectivity index (χ1) is 18.4. The Labute approximate surface area is 227 Å². The average molecular weight is 547 g/mol. The SMILES string of the molecule is O=C1[C@H]2N=NN(CC(=O)N3N=C(c4ccccc4)C[C@@H]3c3ccccc3)[C@H]2C(=O)N1c1c(Cl)cccc1Cl. The van der Waals surface area contributed by atoms with Crippen LogP contribution in [0.15, 0.2) is 94.3 Å². The first-order valence-electron chi connectivity index (χ1n) is 11.9. The van der Waals surface area contributed by atoms with Crippen LogP contribution < -0.4 is 4.90 Å². The molecule has 190 valence electrons. The van der Waals surface area contributed by atoms with E-state index in [4.69, 9.17) is 23.2 Å². The summed E-state index contributed by atoms with van der Waals surface area (Å²) in [6.07, 6.45) is 0.531. The molecule has 3 aliphatic rings. The molecule has 0 radical (unpaired) electrons. The van der Waals surface area contributed by atoms with Crippen molar-refractivity contribution in [3.05, 3.63) is 100 Å². The van der Waals surface area contributed by atoms with E-state index in [1.165, 1.54) is 10.0 Å². The van der Waals surface area contributed by atoms with E-state index in [0.29, 0.717) is 6.42 Å². The normalized spacial score (nSPS) is 22.3. The molecule has 0 bridgehead atoms. The quantitative estimate of drug-likeness (QED) is 0.434. The molecular formula is C27H20Cl2N6O3. The molecule has 3 heterocycles. The van der Waals surface area contributed by atoms with E-state index in [9.17, 15) is 14.4 Å². The van der Waals surface area contributed by atoms with Gasteiger partial charge in [0.05, 0.1) is 27.5 Å². The predicted octanol–water partition coefficient (Wildman–Crippen LogP) is 4.66. The van der Waals surface area contributed by atoms with Gasteiger partial charge in [-0.05, 0) is 23.3 Å². The van der Waals surface area contributed by atoms with Crippen LogP contribution in [0.5, 0.6) is 0 Å². The third-order valence-corrected chi connectivity index (χ3v) is 7.38. The standard InChI is InChI=1S/C27H20Cl2N6O3/c28-18-12-7-13-19(29)24(18)34-26(37)23-25(27(34)38)33(32-30-23)15-22(36)35-21(17-10-5-2-6-11-17)14-20(31-35)16-8-3-1-4-9-16/h1-13,21,23,25H,14-15H2/t21-,23+,25-/m1/s1. The van der Waals surface area contributed by atoms with Gasteiger partial charge in [0, 0.05) is 6.42 Å². The number of anilines is 1. The molecule has 11 heteroatoms. The summed E-state index contributed by atoms with van der Waals surface area (Å²) >= 11 is 12.5. The van der Waals surface area contributed by atoms with Gasteiger partial charge in [-0.25, -0.2) is 9.91 Å². The number of halogens is 2. The summed E-state index contributed by atoms with van der Waals surface area (Å²) in [4.78, 5) is 41.1. The molecule has 9 nitrogen and oxygen atoms in total. The molecule has 3 aliphatic heterocycles. The summed E-state index contributed by atoms with van der Waals surface area (Å²) in [5.74, 6) is -1.57. The predicted molar refractivity (Wildman–Crippen MR) is 142 cm³/mol. The van der Waals surface area contributed by atoms with Crippen LogP contribution in [-0.2, 0) is 14.4 Å². The van der Waals surface area contributed by atoms with Crippen molar-refractivity contribution < 1.29 is 14.4 Å². The van der Waals surface area contributed by atoms with Crippen molar-refractivity contribution in [2.45, 2.75) is 24.5 Å². The third-order valence-electron chi connectivity index (χ3n) is 6.77. The molecule has 0 aliphatic carbocycles. The number of nitrogens with zero attached hydrogens (tertiary/aromatic N) is 6. The summed E-state index contributed by atoms with van der Waals surface area (Å²) in [5.41, 5.74) is 2.74. The number of para-hydroxylation sites is 1. The van der Waals surface area contributed by atoms with Gasteiger partial charge in [0.1, 0.15) is 6.54 Å². The van der Waals surface area contributed by atoms with Crippen molar-refractivity contribution in [1.82, 2.24) is 10.0 Å². The van der Waals surface area contributed by atoms with Crippen LogP contribution >= 0.6 is 23.2 Å². The topological polar surface area (TPSA) is 98.0 Å². The molecule has 0 unspecified atom stereocenters. The van der Waals surface area contributed by atoms with E-state index in [1.54, 1.807) is 18.2 Å². The van der Waals surface area contributed by atoms with E-state index in [0.717, 1.165) is 21.7 Å². The fourth-order valence-corrected chi connectivity index (χ4v) is 5.53. The fourth-order valence-electron chi connectivity index (χ4n) is 4.97. The number of hydrazone groups is 1. The van der Waals surface area contributed by atoms with Crippen LogP contribution in [0.2, 0.25) is 10.0 Å². The summed E-state index contributed by atoms with van der Waals surface area (Å²) in [5, 5.41) is 15.7. The van der Waals surface area contributed by atoms with E-state index < -0.39 is 23.9 Å². The van der Waals surface area contributed by atoms with Gasteiger partial charge in [0.25, 0.3) is 17.7 Å². The van der Waals surface area contributed by atoms with Crippen molar-refractivity contribution in [2.24, 2.45) is 15.4 Å². The van der Waals surface area contributed by atoms with E-state index in [-0.39, 0.29) is 34.2 Å². The highest BCUT2D eigenvalue weighted by Crippen LogP contribution is 2.40. The second kappa shape index (κ2) is 9.66. The lowest BCUT2D eigenvalue weighted by Gasteiger charge is -2.25. The summed E-state index contributed by atoms with van der Waals surface area (Å²) in [6, 6.07) is 21.5. The minimum Gasteiger partial charge on any atom is -0.271 e. The zero-order valence-corrected chi connectivity index (χ0v) is 21.3. The highest BCUT2D eigenvalue weighted by atomic mass is 35.5. The van der Waals surface area contributed by atoms with Crippen LogP contribution in [0.1, 0.15) is 23.6 Å². The smallest absolute Gasteiger partial charge is 0.264 e. The molecule has 1 saturated heterocycles. The first-order valence-corrected chi connectivity index (χ1v) is 12.7. The number of imide groups is 1. The number of fused-ring (bicyclic) bond motifs is 1. The van der Waals surface area contributed by atoms with Gasteiger partial charge < -0.3 is 0 Å². The first kappa shape index (κ1) is 24.3. The van der Waals surface area contributed by atoms with E-state index in [1.807, 2.05) is 60.7 Å². The molecule has 38 heavy (non-hydrogen) atoms. The molecule has 3 atom stereocenters. The molecule has 0 spiro atoms. The van der Waals surface area contributed by atoms with Crippen LogP contribution in [0.25, 0.3) is 0 Å². The number of carbonyl (C=O) groups excluding carboxylic acids is 3. The van der Waals surface area contributed by atoms with Gasteiger partial charge in [0.2, 0.25) is 0 Å². The maximum atomic E-state index is 13.6. The van der Waals surface area contributed by atoms with Crippen molar-refractivity contribution in [1.29, 1.82) is 0 Å². The lowest BCUT2D eigenvalue weighted by atomic mass is 9.98. The molecule has 3 aromatic rings. The lowest BCUT2D eigenvalue weighted by Crippen LogP contribution is -2.44. The molecule has 0 saturated carbocycles. The number of benzene rings is 3. The van der Waals surface area contributed by atoms with Crippen molar-refractivity contribution in [3.63, 3.8) is 0 Å². The zero-order valence-electron chi connectivity index (χ0n) is 19.8. The van der Waals surface area contributed by atoms with Gasteiger partial charge in [0.15, 0.2) is 12.1 Å². The molecule has 3 aromatic carbocycles. The van der Waals surface area contributed by atoms with Crippen molar-refractivity contribution >= 4 is 52.3 Å². The Balaban J connectivity index is 1.27. The Morgan fingerprint density at radius 1 is 0.868 bits per heavy atom. The van der Waals surface area contributed by atoms with Crippen LogP contribution in [0.3, 0.4) is 0 Å². The van der Waals surface area contributed by atoms with Crippen LogP contribution in [-0.4, -0.2) is 52.1 Å². The van der Waals surface area contributed by atoms with E-state index >= 15 is 0 Å². The van der Waals surface area contributed by atoms with Crippen molar-refractivity contribution in [2.75, 3.05) is 11.4 Å². The van der Waals surface area contributed by atoms with Crippen LogP contribution in [0.4, 0.5) is 5.69 Å². The molecule has 3 amide bonds. The average Bonchev–Trinajstić information content (AvgIpc) is 3.62. The van der Waals surface area contributed by atoms with Crippen molar-refractivity contribution in [3.8, 4) is 0 Å². The van der Waals surface area contributed by atoms with Gasteiger partial charge in [-0.15, -0.1) is 0 Å². The number of hydrogen-bond acceptors (Lipinski definition) is 7. The monoisotopic (exact) mass is 546 g/mol. The minimum atomic E-state index is -1.09. The van der Waals surface area contributed by atoms with Gasteiger partial charge >= 0.3 is 0 Å². The molecular weight excluding hydrogens is 527 g/mol. The Morgan fingerprint density at radius 3 is 2.21 bits per heavy atom. The van der Waals surface area contributed by atoms with Gasteiger partial charge in [-0.1, -0.05) is 95.2 Å². The largest absolute Gasteiger partial charge is 0.271 e. The summed E-state index contributed by atoms with van der Waals surface area (Å²) < 4.78 is 0. The molecule has 6 rings (SSSR count). The lowest BCUT2D eigenvalue weighted by molar-refractivity contribution is -0.135. The molecule has 0 N–H and O–H groups in total. The second-order valence-corrected chi connectivity index (χ2v) is 9.87. The van der Waals surface area contributed by atoms with E-state index in [2.05, 4.69) is 15.4 Å². The number of carbonyl (C=O) groups is 3. The maximum absolute atomic E-state index is 13.6. The fraction of sp³-hybridized carbons (Fsp3) is 0.185. The minimum absolute atomic E-state index is 0.0995. The van der Waals surface area contributed by atoms with Crippen LogP contribution in [0, 0.1) is 0 Å². The van der Waals surface area contributed by atoms with Gasteiger partial charge in [-0.3, -0.25) is 19.4 Å². The molecule has 0 aromatic heterocycles. The maximum Gasteiger partial charge on any atom is 0.264 e. The Hall–Kier alpha value is -4.08. The number of rotatable bonds is 5. The summed E-state index contributed by atoms with van der Waals surface area (Å²) in [6.45, 7) is -0.289. The Morgan fingerprint density at radius 2 is 1.53 bits per heavy atom. The number of hydrogen-bond donors (Lipinski definition) is 0. The Bertz CT molecular complexity index is 1480. The summed E-state index contributed by atoms with van der Waals surface area (Å²) in [7, 11) is 0. The zero-order chi connectivity index (χ0) is 26.4. The highest BCUT2D eigenvalue weighted by molar-refractivity contribution is 6.42. The second-order valence-electron chi connectivity index (χ2n) is 9.06. The number of amides is 3. The molecule has 1 fully saturated rings. The Kier molecular flexibility index (Phi) is 6.17.